The number of rotatable bonds is 5. The number of hydrogen-bond acceptors (Lipinski definition) is 5. The Kier molecular flexibility index (Phi) is 4.31. The van der Waals surface area contributed by atoms with Gasteiger partial charge in [-0.25, -0.2) is 14.8 Å². The van der Waals surface area contributed by atoms with Crippen molar-refractivity contribution in [1.29, 1.82) is 0 Å². The molecule has 0 saturated carbocycles. The van der Waals surface area contributed by atoms with Crippen LogP contribution in [-0.2, 0) is 0 Å². The fraction of sp³-hybridized carbons (Fsp3) is 0.615. The molecule has 1 unspecified atom stereocenters. The molecule has 1 atom stereocenters. The maximum absolute atomic E-state index is 11.2. The molecule has 104 valence electrons. The maximum atomic E-state index is 11.2. The molecule has 6 nitrogen and oxygen atoms in total. The Labute approximate surface area is 113 Å². The molecular weight excluding hydrogens is 244 g/mol. The van der Waals surface area contributed by atoms with Gasteiger partial charge in [-0.05, 0) is 19.5 Å². The van der Waals surface area contributed by atoms with Gasteiger partial charge in [-0.1, -0.05) is 13.8 Å². The van der Waals surface area contributed by atoms with Crippen molar-refractivity contribution in [3.05, 3.63) is 18.1 Å². The number of aromatic carboxylic acids is 1. The highest BCUT2D eigenvalue weighted by Gasteiger charge is 2.29. The molecule has 0 spiro atoms. The summed E-state index contributed by atoms with van der Waals surface area (Å²) >= 11 is 0. The van der Waals surface area contributed by atoms with E-state index in [9.17, 15) is 4.79 Å². The molecule has 0 bridgehead atoms. The first-order chi connectivity index (χ1) is 9.17. The van der Waals surface area contributed by atoms with Gasteiger partial charge in [0.1, 0.15) is 0 Å². The lowest BCUT2D eigenvalue weighted by atomic mass is 10.2. The van der Waals surface area contributed by atoms with Gasteiger partial charge in [0.15, 0.2) is 11.5 Å². The zero-order valence-corrected chi connectivity index (χ0v) is 11.4. The summed E-state index contributed by atoms with van der Waals surface area (Å²) in [6, 6.07) is 0.471. The molecular formula is C13H20N4O2. The molecule has 0 amide bonds. The third-order valence-electron chi connectivity index (χ3n) is 3.67. The van der Waals surface area contributed by atoms with E-state index >= 15 is 0 Å². The summed E-state index contributed by atoms with van der Waals surface area (Å²) in [4.78, 5) is 23.7. The monoisotopic (exact) mass is 264 g/mol. The molecule has 6 heteroatoms. The van der Waals surface area contributed by atoms with Crippen LogP contribution in [0.2, 0.25) is 0 Å². The first-order valence-corrected chi connectivity index (χ1v) is 6.70. The largest absolute Gasteiger partial charge is 0.476 e. The van der Waals surface area contributed by atoms with Crippen molar-refractivity contribution in [2.75, 3.05) is 31.1 Å². The first kappa shape index (κ1) is 13.7. The summed E-state index contributed by atoms with van der Waals surface area (Å²) in [5.41, 5.74) is 0.0442. The molecule has 1 N–H and O–H groups in total. The van der Waals surface area contributed by atoms with Gasteiger partial charge in [0.05, 0.1) is 0 Å². The van der Waals surface area contributed by atoms with E-state index in [1.165, 1.54) is 6.20 Å². The highest BCUT2D eigenvalue weighted by Crippen LogP contribution is 2.23. The molecule has 2 rings (SSSR count). The zero-order valence-electron chi connectivity index (χ0n) is 11.4. The predicted octanol–water partition coefficient (Wildman–Crippen LogP) is 1.10. The van der Waals surface area contributed by atoms with Crippen LogP contribution < -0.4 is 4.90 Å². The molecule has 0 radical (unpaired) electrons. The number of hydrogen-bond donors (Lipinski definition) is 1. The van der Waals surface area contributed by atoms with Crippen LogP contribution in [0.15, 0.2) is 12.4 Å². The van der Waals surface area contributed by atoms with Crippen molar-refractivity contribution in [1.82, 2.24) is 14.9 Å². The van der Waals surface area contributed by atoms with Crippen LogP contribution in [0.3, 0.4) is 0 Å². The van der Waals surface area contributed by atoms with Gasteiger partial charge in [-0.15, -0.1) is 0 Å². The second kappa shape index (κ2) is 5.97. The average molecular weight is 264 g/mol. The topological polar surface area (TPSA) is 69.6 Å². The van der Waals surface area contributed by atoms with Crippen LogP contribution in [0.4, 0.5) is 5.82 Å². The fourth-order valence-electron chi connectivity index (χ4n) is 2.69. The van der Waals surface area contributed by atoms with Crippen molar-refractivity contribution in [2.45, 2.75) is 26.3 Å². The van der Waals surface area contributed by atoms with Crippen LogP contribution in [0.25, 0.3) is 0 Å². The second-order valence-corrected chi connectivity index (χ2v) is 4.64. The molecule has 1 fully saturated rings. The minimum Gasteiger partial charge on any atom is -0.476 e. The van der Waals surface area contributed by atoms with Crippen LogP contribution in [0.1, 0.15) is 30.8 Å². The lowest BCUT2D eigenvalue weighted by molar-refractivity contribution is 0.0690. The highest BCUT2D eigenvalue weighted by molar-refractivity contribution is 5.90. The van der Waals surface area contributed by atoms with E-state index in [1.807, 2.05) is 4.90 Å². The summed E-state index contributed by atoms with van der Waals surface area (Å²) < 4.78 is 0. The van der Waals surface area contributed by atoms with E-state index in [2.05, 4.69) is 28.7 Å². The molecule has 2 heterocycles. The fourth-order valence-corrected chi connectivity index (χ4v) is 2.69. The molecule has 1 aromatic rings. The number of aromatic nitrogens is 2. The SMILES string of the molecule is CCN(CC)C1CCN(c2nccnc2C(=O)O)C1. The van der Waals surface area contributed by atoms with Gasteiger partial charge in [0.25, 0.3) is 0 Å². The van der Waals surface area contributed by atoms with Gasteiger partial charge in [0.2, 0.25) is 0 Å². The quantitative estimate of drug-likeness (QED) is 0.858. The number of carboxylic acids is 1. The second-order valence-electron chi connectivity index (χ2n) is 4.64. The lowest BCUT2D eigenvalue weighted by Crippen LogP contribution is -2.37. The normalized spacial score (nSPS) is 19.1. The molecule has 19 heavy (non-hydrogen) atoms. The van der Waals surface area contributed by atoms with E-state index in [0.717, 1.165) is 32.6 Å². The Hall–Kier alpha value is -1.69. The van der Waals surface area contributed by atoms with Crippen molar-refractivity contribution in [3.8, 4) is 0 Å². The Morgan fingerprint density at radius 1 is 1.42 bits per heavy atom. The average Bonchev–Trinajstić information content (AvgIpc) is 2.89. The Bertz CT molecular complexity index is 448. The van der Waals surface area contributed by atoms with Crippen LogP contribution >= 0.6 is 0 Å². The first-order valence-electron chi connectivity index (χ1n) is 6.70. The van der Waals surface area contributed by atoms with E-state index < -0.39 is 5.97 Å². The van der Waals surface area contributed by atoms with Crippen LogP contribution in [-0.4, -0.2) is 58.2 Å². The Morgan fingerprint density at radius 3 is 2.74 bits per heavy atom. The summed E-state index contributed by atoms with van der Waals surface area (Å²) in [6.45, 7) is 7.98. The highest BCUT2D eigenvalue weighted by atomic mass is 16.4. The third kappa shape index (κ3) is 2.84. The van der Waals surface area contributed by atoms with Gasteiger partial charge in [-0.3, -0.25) is 4.90 Å². The third-order valence-corrected chi connectivity index (χ3v) is 3.67. The Morgan fingerprint density at radius 2 is 2.11 bits per heavy atom. The molecule has 1 saturated heterocycles. The predicted molar refractivity (Wildman–Crippen MR) is 72.5 cm³/mol. The van der Waals surface area contributed by atoms with Gasteiger partial charge in [0, 0.05) is 31.5 Å². The summed E-state index contributed by atoms with van der Waals surface area (Å²) in [7, 11) is 0. The number of anilines is 1. The summed E-state index contributed by atoms with van der Waals surface area (Å²) in [5, 5.41) is 9.15. The van der Waals surface area contributed by atoms with Gasteiger partial charge >= 0.3 is 5.97 Å². The van der Waals surface area contributed by atoms with Crippen molar-refractivity contribution in [3.63, 3.8) is 0 Å². The Balaban J connectivity index is 2.15. The van der Waals surface area contributed by atoms with Crippen LogP contribution in [0.5, 0.6) is 0 Å². The van der Waals surface area contributed by atoms with E-state index in [4.69, 9.17) is 5.11 Å². The maximum Gasteiger partial charge on any atom is 0.358 e. The number of carbonyl (C=O) groups is 1. The number of nitrogens with zero attached hydrogens (tertiary/aromatic N) is 4. The lowest BCUT2D eigenvalue weighted by Gasteiger charge is -2.26. The van der Waals surface area contributed by atoms with E-state index in [1.54, 1.807) is 6.20 Å². The smallest absolute Gasteiger partial charge is 0.358 e. The molecule has 1 aliphatic heterocycles. The van der Waals surface area contributed by atoms with Crippen molar-refractivity contribution >= 4 is 11.8 Å². The molecule has 1 aromatic heterocycles. The van der Waals surface area contributed by atoms with Crippen molar-refractivity contribution in [2.24, 2.45) is 0 Å². The zero-order chi connectivity index (χ0) is 13.8. The van der Waals surface area contributed by atoms with Gasteiger partial charge in [-0.2, -0.15) is 0 Å². The van der Waals surface area contributed by atoms with E-state index in [-0.39, 0.29) is 5.69 Å². The molecule has 1 aliphatic rings. The van der Waals surface area contributed by atoms with Crippen LogP contribution in [0, 0.1) is 0 Å². The minimum absolute atomic E-state index is 0.0442. The number of carboxylic acid groups (broad SMARTS) is 1. The number of likely N-dealkylation sites (N-methyl/N-ethyl adjacent to an activating group) is 1. The van der Waals surface area contributed by atoms with E-state index in [0.29, 0.717) is 11.9 Å². The summed E-state index contributed by atoms with van der Waals surface area (Å²) in [5.74, 6) is -0.529. The molecule has 0 aromatic carbocycles. The minimum atomic E-state index is -1.02. The standard InChI is InChI=1S/C13H20N4O2/c1-3-16(4-2)10-5-8-17(9-10)12-11(13(18)19)14-6-7-15-12/h6-7,10H,3-5,8-9H2,1-2H3,(H,18,19). The van der Waals surface area contributed by atoms with Crippen molar-refractivity contribution < 1.29 is 9.90 Å². The van der Waals surface area contributed by atoms with Gasteiger partial charge < -0.3 is 10.0 Å². The molecule has 0 aliphatic carbocycles. The summed E-state index contributed by atoms with van der Waals surface area (Å²) in [6.07, 6.45) is 4.01.